The molecule has 2 aromatic rings. The Morgan fingerprint density at radius 3 is 2.42 bits per heavy atom. The Morgan fingerprint density at radius 1 is 1.12 bits per heavy atom. The Hall–Kier alpha value is -2.30. The molecule has 1 fully saturated rings. The normalized spacial score (nSPS) is 15.8. The second kappa shape index (κ2) is 8.88. The summed E-state index contributed by atoms with van der Waals surface area (Å²) in [6, 6.07) is 17.8. The minimum atomic E-state index is -0.108. The van der Waals surface area contributed by atoms with Crippen LogP contribution >= 0.6 is 11.6 Å². The summed E-state index contributed by atoms with van der Waals surface area (Å²) in [6.07, 6.45) is 1.68. The molecule has 1 heterocycles. The van der Waals surface area contributed by atoms with Crippen molar-refractivity contribution in [2.24, 2.45) is 0 Å². The molecule has 0 unspecified atom stereocenters. The van der Waals surface area contributed by atoms with Crippen LogP contribution < -0.4 is 10.2 Å². The van der Waals surface area contributed by atoms with E-state index in [0.29, 0.717) is 5.02 Å². The van der Waals surface area contributed by atoms with Gasteiger partial charge >= 0.3 is 0 Å². The van der Waals surface area contributed by atoms with Crippen LogP contribution in [0.4, 0.5) is 5.69 Å². The van der Waals surface area contributed by atoms with Crippen molar-refractivity contribution in [2.45, 2.75) is 13.5 Å². The van der Waals surface area contributed by atoms with Crippen molar-refractivity contribution in [3.63, 3.8) is 0 Å². The zero-order valence-corrected chi connectivity index (χ0v) is 15.8. The smallest absolute Gasteiger partial charge is 0.250 e. The number of halogens is 1. The van der Waals surface area contributed by atoms with Gasteiger partial charge < -0.3 is 15.1 Å². The van der Waals surface area contributed by atoms with Crippen molar-refractivity contribution < 1.29 is 9.69 Å². The Kier molecular flexibility index (Phi) is 6.31. The zero-order chi connectivity index (χ0) is 18.4. The number of anilines is 1. The molecule has 1 aliphatic heterocycles. The van der Waals surface area contributed by atoms with E-state index in [1.54, 1.807) is 35.2 Å². The first-order valence-corrected chi connectivity index (χ1v) is 9.35. The van der Waals surface area contributed by atoms with Gasteiger partial charge in [0.1, 0.15) is 6.54 Å². The number of amides is 1. The maximum atomic E-state index is 12.2. The van der Waals surface area contributed by atoms with Crippen LogP contribution in [0.25, 0.3) is 0 Å². The maximum absolute atomic E-state index is 12.2. The van der Waals surface area contributed by atoms with Crippen LogP contribution in [0.3, 0.4) is 0 Å². The molecule has 2 aromatic carbocycles. The summed E-state index contributed by atoms with van der Waals surface area (Å²) in [5.41, 5.74) is 3.14. The summed E-state index contributed by atoms with van der Waals surface area (Å²) in [5, 5.41) is 3.53. The Bertz CT molecular complexity index is 751. The number of carbonyl (C=O) groups excluding carboxylic acids is 1. The first-order chi connectivity index (χ1) is 12.6. The summed E-state index contributed by atoms with van der Waals surface area (Å²) in [6.45, 7) is 7.17. The summed E-state index contributed by atoms with van der Waals surface area (Å²) < 4.78 is 0. The van der Waals surface area contributed by atoms with Gasteiger partial charge in [0.15, 0.2) is 0 Å². The molecule has 5 heteroatoms. The van der Waals surface area contributed by atoms with Crippen molar-refractivity contribution in [1.29, 1.82) is 0 Å². The summed E-state index contributed by atoms with van der Waals surface area (Å²) >= 11 is 5.86. The average Bonchev–Trinajstić information content (AvgIpc) is 2.65. The van der Waals surface area contributed by atoms with Gasteiger partial charge in [-0.05, 0) is 31.2 Å². The van der Waals surface area contributed by atoms with Crippen molar-refractivity contribution in [2.75, 3.05) is 31.5 Å². The highest BCUT2D eigenvalue weighted by atomic mass is 35.5. The molecule has 2 N–H and O–H groups in total. The number of nitrogens with one attached hydrogen (secondary N) is 2. The standard InChI is InChI=1S/C21H24ClN3O/c1-17(15-21(26)23-20-9-7-19(22)8-10-20)25-13-11-24(12-14-25)16-18-5-3-2-4-6-18/h2-10,15H,11-14,16H2,1H3,(H,23,26)/p+1/b17-15+. The summed E-state index contributed by atoms with van der Waals surface area (Å²) in [5.74, 6) is -0.108. The molecule has 0 aromatic heterocycles. The number of hydrogen-bond donors (Lipinski definition) is 2. The number of hydrogen-bond acceptors (Lipinski definition) is 2. The Labute approximate surface area is 160 Å². The van der Waals surface area contributed by atoms with E-state index < -0.39 is 0 Å². The predicted molar refractivity (Wildman–Crippen MR) is 106 cm³/mol. The number of rotatable bonds is 5. The number of piperazine rings is 1. The molecule has 26 heavy (non-hydrogen) atoms. The van der Waals surface area contributed by atoms with Gasteiger partial charge in [0.05, 0.1) is 26.2 Å². The quantitative estimate of drug-likeness (QED) is 0.794. The maximum Gasteiger partial charge on any atom is 0.250 e. The molecule has 0 bridgehead atoms. The molecule has 1 saturated heterocycles. The number of benzene rings is 2. The van der Waals surface area contributed by atoms with E-state index in [-0.39, 0.29) is 5.91 Å². The molecule has 1 aliphatic rings. The fourth-order valence-corrected chi connectivity index (χ4v) is 3.36. The topological polar surface area (TPSA) is 36.8 Å². The molecule has 0 saturated carbocycles. The molecule has 0 spiro atoms. The molecule has 0 radical (unpaired) electrons. The third kappa shape index (κ3) is 5.35. The number of allylic oxidation sites excluding steroid dienone is 1. The van der Waals surface area contributed by atoms with Crippen molar-refractivity contribution in [3.8, 4) is 0 Å². The highest BCUT2D eigenvalue weighted by Gasteiger charge is 2.20. The third-order valence-electron chi connectivity index (χ3n) is 4.72. The Balaban J connectivity index is 1.49. The lowest BCUT2D eigenvalue weighted by molar-refractivity contribution is -0.917. The van der Waals surface area contributed by atoms with Gasteiger partial charge in [0.2, 0.25) is 5.91 Å². The van der Waals surface area contributed by atoms with E-state index in [0.717, 1.165) is 44.1 Å². The van der Waals surface area contributed by atoms with Gasteiger partial charge in [-0.1, -0.05) is 41.9 Å². The lowest BCUT2D eigenvalue weighted by Crippen LogP contribution is -3.13. The lowest BCUT2D eigenvalue weighted by Gasteiger charge is -2.34. The van der Waals surface area contributed by atoms with Crippen LogP contribution in [-0.2, 0) is 11.3 Å². The van der Waals surface area contributed by atoms with Crippen LogP contribution in [0.5, 0.6) is 0 Å². The van der Waals surface area contributed by atoms with Crippen LogP contribution in [0, 0.1) is 0 Å². The van der Waals surface area contributed by atoms with Gasteiger partial charge in [-0.3, -0.25) is 4.79 Å². The SMILES string of the molecule is C/C(=C\C(=O)Nc1ccc(Cl)cc1)N1CC[NH+](Cc2ccccc2)CC1. The molecular weight excluding hydrogens is 346 g/mol. The van der Waals surface area contributed by atoms with Crippen LogP contribution in [0.2, 0.25) is 5.02 Å². The van der Waals surface area contributed by atoms with Gasteiger partial charge in [-0.2, -0.15) is 0 Å². The monoisotopic (exact) mass is 370 g/mol. The second-order valence-electron chi connectivity index (χ2n) is 6.68. The molecule has 1 amide bonds. The minimum absolute atomic E-state index is 0.108. The minimum Gasteiger partial charge on any atom is -0.364 e. The summed E-state index contributed by atoms with van der Waals surface area (Å²) in [4.78, 5) is 16.1. The highest BCUT2D eigenvalue weighted by Crippen LogP contribution is 2.13. The van der Waals surface area contributed by atoms with Crippen LogP contribution in [0.1, 0.15) is 12.5 Å². The van der Waals surface area contributed by atoms with Gasteiger partial charge in [0, 0.05) is 28.0 Å². The van der Waals surface area contributed by atoms with E-state index in [2.05, 4.69) is 40.5 Å². The first kappa shape index (κ1) is 18.5. The van der Waals surface area contributed by atoms with E-state index in [1.807, 2.05) is 6.92 Å². The number of carbonyl (C=O) groups is 1. The fraction of sp³-hybridized carbons (Fsp3) is 0.286. The van der Waals surface area contributed by atoms with Crippen molar-refractivity contribution in [1.82, 2.24) is 4.90 Å². The van der Waals surface area contributed by atoms with Crippen molar-refractivity contribution >= 4 is 23.2 Å². The summed E-state index contributed by atoms with van der Waals surface area (Å²) in [7, 11) is 0. The third-order valence-corrected chi connectivity index (χ3v) is 4.97. The zero-order valence-electron chi connectivity index (χ0n) is 15.0. The average molecular weight is 371 g/mol. The van der Waals surface area contributed by atoms with Crippen LogP contribution in [0.15, 0.2) is 66.4 Å². The van der Waals surface area contributed by atoms with Gasteiger partial charge in [-0.15, -0.1) is 0 Å². The Morgan fingerprint density at radius 2 is 1.77 bits per heavy atom. The van der Waals surface area contributed by atoms with Crippen molar-refractivity contribution in [3.05, 3.63) is 77.0 Å². The fourth-order valence-electron chi connectivity index (χ4n) is 3.23. The highest BCUT2D eigenvalue weighted by molar-refractivity contribution is 6.30. The predicted octanol–water partition coefficient (Wildman–Crippen LogP) is 2.58. The van der Waals surface area contributed by atoms with Gasteiger partial charge in [-0.25, -0.2) is 0 Å². The van der Waals surface area contributed by atoms with Crippen LogP contribution in [-0.4, -0.2) is 37.0 Å². The largest absolute Gasteiger partial charge is 0.364 e. The molecule has 0 atom stereocenters. The molecule has 136 valence electrons. The van der Waals surface area contributed by atoms with E-state index in [4.69, 9.17) is 11.6 Å². The second-order valence-corrected chi connectivity index (χ2v) is 7.12. The molecule has 0 aliphatic carbocycles. The first-order valence-electron chi connectivity index (χ1n) is 8.97. The van der Waals surface area contributed by atoms with E-state index in [9.17, 15) is 4.79 Å². The van der Waals surface area contributed by atoms with E-state index in [1.165, 1.54) is 5.56 Å². The molecular formula is C21H25ClN3O+. The molecule has 3 rings (SSSR count). The molecule has 4 nitrogen and oxygen atoms in total. The van der Waals surface area contributed by atoms with Gasteiger partial charge in [0.25, 0.3) is 0 Å². The number of nitrogens with zero attached hydrogens (tertiary/aromatic N) is 1. The number of quaternary nitrogens is 1. The van der Waals surface area contributed by atoms with E-state index >= 15 is 0 Å². The lowest BCUT2D eigenvalue weighted by atomic mass is 10.2.